The van der Waals surface area contributed by atoms with Gasteiger partial charge >= 0.3 is 0 Å². The number of aromatic nitrogens is 2. The third-order valence-electron chi connectivity index (χ3n) is 13.1. The first-order valence-electron chi connectivity index (χ1n) is 23.8. The smallest absolute Gasteiger partial charge is 0.256 e. The van der Waals surface area contributed by atoms with Crippen molar-refractivity contribution in [3.8, 4) is 10.4 Å². The van der Waals surface area contributed by atoms with Gasteiger partial charge in [0.15, 0.2) is 0 Å². The van der Waals surface area contributed by atoms with E-state index in [4.69, 9.17) is 0 Å². The molecule has 3 atom stereocenters. The van der Waals surface area contributed by atoms with Gasteiger partial charge in [-0.15, -0.1) is 11.3 Å². The Morgan fingerprint density at radius 3 is 2.36 bits per heavy atom. The maximum atomic E-state index is 14.0. The fraction of sp³-hybridized carbons (Fsp3) is 0.471. The number of aromatic amines is 1. The molecule has 16 nitrogen and oxygen atoms in total. The molecule has 5 heterocycles. The van der Waals surface area contributed by atoms with E-state index in [-0.39, 0.29) is 62.0 Å². The molecule has 3 aliphatic heterocycles. The molecule has 0 saturated carbocycles. The van der Waals surface area contributed by atoms with Gasteiger partial charge in [0.2, 0.25) is 29.5 Å². The Morgan fingerprint density at radius 2 is 1.67 bits per heavy atom. The Labute approximate surface area is 406 Å². The number of carbonyl (C=O) groups excluding carboxylic acids is 6. The molecule has 2 aromatic heterocycles. The van der Waals surface area contributed by atoms with Crippen molar-refractivity contribution in [1.29, 1.82) is 0 Å². The average molecular weight is 966 g/mol. The largest absolute Gasteiger partial charge is 0.391 e. The molecule has 0 radical (unpaired) electrons. The number of β-amino-alcohol motifs (C(OH)–C–C–N with tert-alkyl or cyclic N) is 1. The zero-order valence-electron chi connectivity index (χ0n) is 40.1. The van der Waals surface area contributed by atoms with Crippen molar-refractivity contribution in [1.82, 2.24) is 35.3 Å². The molecule has 4 aromatic rings. The van der Waals surface area contributed by atoms with Gasteiger partial charge < -0.3 is 41.2 Å². The number of aryl methyl sites for hydroxylation is 1. The van der Waals surface area contributed by atoms with Crippen molar-refractivity contribution in [2.45, 2.75) is 111 Å². The van der Waals surface area contributed by atoms with Crippen molar-refractivity contribution in [2.24, 2.45) is 5.41 Å². The predicted octanol–water partition coefficient (Wildman–Crippen LogP) is 6.01. The van der Waals surface area contributed by atoms with Gasteiger partial charge in [-0.25, -0.2) is 9.37 Å². The van der Waals surface area contributed by atoms with Crippen LogP contribution in [0.1, 0.15) is 100 Å². The van der Waals surface area contributed by atoms with Gasteiger partial charge in [-0.3, -0.25) is 33.7 Å². The molecule has 0 spiro atoms. The number of amides is 6. The maximum absolute atomic E-state index is 14.0. The van der Waals surface area contributed by atoms with E-state index >= 15 is 0 Å². The Bertz CT molecular complexity index is 2560. The topological polar surface area (TPSA) is 209 Å². The van der Waals surface area contributed by atoms with E-state index in [2.05, 4.69) is 31.2 Å². The number of hydrogen-bond donors (Lipinski definition) is 6. The fourth-order valence-corrected chi connectivity index (χ4v) is 9.86. The second kappa shape index (κ2) is 22.5. The maximum Gasteiger partial charge on any atom is 0.256 e. The van der Waals surface area contributed by atoms with Gasteiger partial charge in [-0.2, -0.15) is 0 Å². The van der Waals surface area contributed by atoms with E-state index in [9.17, 15) is 38.3 Å². The van der Waals surface area contributed by atoms with Gasteiger partial charge in [-0.05, 0) is 73.1 Å². The summed E-state index contributed by atoms with van der Waals surface area (Å²) < 4.78 is 13.9. The lowest BCUT2D eigenvalue weighted by Crippen LogP contribution is -2.57. The number of nitrogens with zero attached hydrogens (tertiary/aromatic N) is 4. The number of carbonyl (C=O) groups is 6. The minimum atomic E-state index is -0.895. The molecule has 2 fully saturated rings. The molecule has 2 aromatic carbocycles. The molecule has 0 unspecified atom stereocenters. The van der Waals surface area contributed by atoms with Crippen LogP contribution in [-0.4, -0.2) is 123 Å². The van der Waals surface area contributed by atoms with Crippen LogP contribution in [0.25, 0.3) is 22.1 Å². The molecule has 3 aliphatic rings. The number of H-pyrrole nitrogens is 1. The SMILES string of the molecule is Cc1ncsc1-c1ccc(CNC(=O)[C@@H]2C[C@@H](O)CN2C(=O)[C@H](NC(=O)CCCCCCCC(=O)N2CCN(CC(=O)Nc3c[nH]c(/C=C4\C(=O)Nc5ccc(F)cc54)c3C)CC2)C(C)(C)C)cc1. The fourth-order valence-electron chi connectivity index (χ4n) is 9.05. The first-order chi connectivity index (χ1) is 32.9. The highest BCUT2D eigenvalue weighted by Crippen LogP contribution is 2.35. The number of aliphatic hydroxyl groups is 1. The summed E-state index contributed by atoms with van der Waals surface area (Å²) >= 11 is 1.57. The lowest BCUT2D eigenvalue weighted by molar-refractivity contribution is -0.144. The highest BCUT2D eigenvalue weighted by Gasteiger charge is 2.44. The van der Waals surface area contributed by atoms with Crippen molar-refractivity contribution in [3.63, 3.8) is 0 Å². The number of fused-ring (bicyclic) bond motifs is 1. The summed E-state index contributed by atoms with van der Waals surface area (Å²) in [4.78, 5) is 93.0. The number of thiazole rings is 1. The molecular weight excluding hydrogens is 902 g/mol. The summed E-state index contributed by atoms with van der Waals surface area (Å²) in [5, 5.41) is 22.1. The van der Waals surface area contributed by atoms with Gasteiger partial charge in [0.05, 0.1) is 40.0 Å². The second-order valence-corrected chi connectivity index (χ2v) is 20.2. The number of unbranched alkanes of at least 4 members (excludes halogenated alkanes) is 4. The molecule has 69 heavy (non-hydrogen) atoms. The van der Waals surface area contributed by atoms with Crippen LogP contribution in [0, 0.1) is 25.1 Å². The van der Waals surface area contributed by atoms with E-state index in [0.717, 1.165) is 52.9 Å². The normalized spacial score (nSPS) is 18.2. The Morgan fingerprint density at radius 1 is 0.957 bits per heavy atom. The number of halogens is 1. The summed E-state index contributed by atoms with van der Waals surface area (Å²) in [5.41, 5.74) is 7.36. The van der Waals surface area contributed by atoms with Crippen molar-refractivity contribution in [2.75, 3.05) is 49.9 Å². The Kier molecular flexibility index (Phi) is 16.5. The van der Waals surface area contributed by atoms with Crippen LogP contribution in [0.4, 0.5) is 15.8 Å². The number of likely N-dealkylation sites (tertiary alicyclic amines) is 1. The van der Waals surface area contributed by atoms with Crippen molar-refractivity contribution in [3.05, 3.63) is 88.1 Å². The number of hydrogen-bond acceptors (Lipinski definition) is 10. The van der Waals surface area contributed by atoms with E-state index in [1.165, 1.54) is 23.1 Å². The van der Waals surface area contributed by atoms with E-state index in [1.807, 2.05) is 74.2 Å². The molecule has 0 bridgehead atoms. The molecule has 6 amide bonds. The summed E-state index contributed by atoms with van der Waals surface area (Å²) in [7, 11) is 0. The summed E-state index contributed by atoms with van der Waals surface area (Å²) in [6.07, 6.45) is 7.06. The zero-order chi connectivity index (χ0) is 49.4. The predicted molar refractivity (Wildman–Crippen MR) is 264 cm³/mol. The van der Waals surface area contributed by atoms with Gasteiger partial charge in [0.1, 0.15) is 17.9 Å². The summed E-state index contributed by atoms with van der Waals surface area (Å²) in [5.74, 6) is -1.89. The number of nitrogens with one attached hydrogen (secondary N) is 5. The van der Waals surface area contributed by atoms with Crippen LogP contribution in [0.15, 0.2) is 54.2 Å². The van der Waals surface area contributed by atoms with E-state index in [0.29, 0.717) is 67.2 Å². The third kappa shape index (κ3) is 12.9. The van der Waals surface area contributed by atoms with Gasteiger partial charge in [0.25, 0.3) is 5.91 Å². The van der Waals surface area contributed by atoms with Crippen molar-refractivity contribution >= 4 is 69.8 Å². The van der Waals surface area contributed by atoms with Crippen LogP contribution in [0.5, 0.6) is 0 Å². The number of aliphatic hydroxyl groups excluding tert-OH is 1. The molecular formula is C51H64FN9O7S. The quantitative estimate of drug-likeness (QED) is 0.0509. The van der Waals surface area contributed by atoms with E-state index < -0.39 is 35.3 Å². The van der Waals surface area contributed by atoms with Crippen LogP contribution in [0.3, 0.4) is 0 Å². The highest BCUT2D eigenvalue weighted by molar-refractivity contribution is 7.13. The first-order valence-corrected chi connectivity index (χ1v) is 24.7. The lowest BCUT2D eigenvalue weighted by Gasteiger charge is -2.35. The number of anilines is 2. The average Bonchev–Trinajstić information content (AvgIpc) is 4.09. The molecule has 2 saturated heterocycles. The Balaban J connectivity index is 0.769. The number of piperazine rings is 1. The summed E-state index contributed by atoms with van der Waals surface area (Å²) in [6, 6.07) is 10.3. The summed E-state index contributed by atoms with van der Waals surface area (Å²) in [6.45, 7) is 12.0. The van der Waals surface area contributed by atoms with Crippen molar-refractivity contribution < 1.29 is 38.3 Å². The minimum Gasteiger partial charge on any atom is -0.391 e. The van der Waals surface area contributed by atoms with Gasteiger partial charge in [-0.1, -0.05) is 64.3 Å². The molecule has 7 rings (SSSR count). The standard InChI is InChI=1S/C51H64FN9O7S/c1-31-40(25-38-37-23-35(52)17-18-39(37)57-48(38)66)53-27-41(31)56-44(64)29-59-19-21-60(22-20-59)45(65)12-10-8-6-7-9-11-43(63)58-47(51(3,4)5)50(68)61-28-36(62)24-42(61)49(67)54-26-33-13-15-34(16-14-33)46-32(2)55-30-69-46/h13-18,23,25,27,30,36,42,47,53,62H,6-12,19-22,24,26,28-29H2,1-5H3,(H,54,67)(H,56,64)(H,57,66)(H,58,63)/b38-25-/t36-,42+,47+/m1/s1. The molecule has 368 valence electrons. The third-order valence-corrected chi connectivity index (χ3v) is 14.1. The minimum absolute atomic E-state index is 0.00376. The van der Waals surface area contributed by atoms with Crippen LogP contribution >= 0.6 is 11.3 Å². The monoisotopic (exact) mass is 965 g/mol. The molecule has 18 heteroatoms. The van der Waals surface area contributed by atoms with Crippen LogP contribution in [-0.2, 0) is 35.3 Å². The van der Waals surface area contributed by atoms with Crippen LogP contribution in [0.2, 0.25) is 0 Å². The zero-order valence-corrected chi connectivity index (χ0v) is 40.9. The lowest BCUT2D eigenvalue weighted by atomic mass is 9.85. The highest BCUT2D eigenvalue weighted by atomic mass is 32.1. The number of rotatable bonds is 18. The Hall–Kier alpha value is -6.24. The second-order valence-electron chi connectivity index (χ2n) is 19.4. The van der Waals surface area contributed by atoms with E-state index in [1.54, 1.807) is 23.6 Å². The van der Waals surface area contributed by atoms with Gasteiger partial charge in [0, 0.05) is 81.7 Å². The molecule has 0 aliphatic carbocycles. The van der Waals surface area contributed by atoms with Crippen LogP contribution < -0.4 is 21.3 Å². The first kappa shape index (κ1) is 50.6. The molecule has 6 N–H and O–H groups in total. The number of benzene rings is 2.